The molecule has 0 aliphatic heterocycles. The first kappa shape index (κ1) is 23.2. The molecule has 0 nitrogen and oxygen atoms in total. The van der Waals surface area contributed by atoms with Gasteiger partial charge in [0.15, 0.2) is 0 Å². The van der Waals surface area contributed by atoms with Crippen LogP contribution in [-0.2, 0) is 21.3 Å². The maximum absolute atomic E-state index is 2.52. The van der Waals surface area contributed by atoms with Gasteiger partial charge >= 0.3 is 173 Å². The van der Waals surface area contributed by atoms with Crippen molar-refractivity contribution in [3.63, 3.8) is 0 Å². The van der Waals surface area contributed by atoms with Gasteiger partial charge in [-0.1, -0.05) is 0 Å². The minimum atomic E-state index is -1.88. The average molecular weight is 505 g/mol. The van der Waals surface area contributed by atoms with Gasteiger partial charge in [-0.3, -0.25) is 0 Å². The van der Waals surface area contributed by atoms with E-state index in [1.54, 1.807) is 0 Å². The van der Waals surface area contributed by atoms with E-state index in [2.05, 4.69) is 73.7 Å². The first-order valence-electron chi connectivity index (χ1n) is 10.8. The summed E-state index contributed by atoms with van der Waals surface area (Å²) in [5.74, 6) is 1.72. The van der Waals surface area contributed by atoms with E-state index in [0.29, 0.717) is 0 Å². The van der Waals surface area contributed by atoms with Gasteiger partial charge in [0.1, 0.15) is 0 Å². The minimum Gasteiger partial charge on any atom is -1.00 e. The zero-order valence-electron chi connectivity index (χ0n) is 17.2. The number of hydrogen-bond donors (Lipinski definition) is 0. The SMILES string of the molecule is C[C](c1ccccc1)=[Zr+2]([CH]1CCC2CC=CC=C21)[CH]1CCC2CC=CC=C21.[Cl-].[Cl-]. The third kappa shape index (κ3) is 4.44. The quantitative estimate of drug-likeness (QED) is 0.577. The van der Waals surface area contributed by atoms with Gasteiger partial charge in [-0.25, -0.2) is 0 Å². The molecule has 5 rings (SSSR count). The molecular weight excluding hydrogens is 474 g/mol. The molecule has 4 aliphatic rings. The molecule has 0 spiro atoms. The Bertz CT molecular complexity index is 827. The van der Waals surface area contributed by atoms with E-state index in [1.165, 1.54) is 44.1 Å². The Balaban J connectivity index is 0.00000120. The van der Waals surface area contributed by atoms with Crippen molar-refractivity contribution in [2.45, 2.75) is 52.7 Å². The number of benzene rings is 1. The molecule has 1 aromatic carbocycles. The van der Waals surface area contributed by atoms with Crippen molar-refractivity contribution in [2.75, 3.05) is 0 Å². The summed E-state index contributed by atoms with van der Waals surface area (Å²) in [5.41, 5.74) is 5.23. The third-order valence-electron chi connectivity index (χ3n) is 7.44. The van der Waals surface area contributed by atoms with Crippen LogP contribution in [0.4, 0.5) is 0 Å². The van der Waals surface area contributed by atoms with Crippen LogP contribution in [0.25, 0.3) is 0 Å². The molecule has 0 radical (unpaired) electrons. The van der Waals surface area contributed by atoms with Crippen LogP contribution in [0.1, 0.15) is 51.0 Å². The molecule has 2 saturated carbocycles. The molecule has 3 heteroatoms. The molecule has 2 fully saturated rings. The standard InChI is InChI=1S/2C9H11.C8H8.2ClH.Zr/c2*1-2-5-9-7-3-6-8(9)4-1;1-2-8-6-4-3-5-7-8;;;/h2*1-2,4,6,9H,3,5,7H2;3-7H,1H3;2*1H;/q;;;;;+2/p-2. The van der Waals surface area contributed by atoms with Crippen LogP contribution in [0.2, 0.25) is 7.25 Å². The van der Waals surface area contributed by atoms with Gasteiger partial charge in [-0.15, -0.1) is 0 Å². The molecule has 1 aromatic rings. The maximum atomic E-state index is 2.52. The molecule has 152 valence electrons. The topological polar surface area (TPSA) is 0 Å². The Morgan fingerprint density at radius 2 is 1.28 bits per heavy atom. The predicted octanol–water partition coefficient (Wildman–Crippen LogP) is 1.02. The normalized spacial score (nSPS) is 28.7. The van der Waals surface area contributed by atoms with E-state index >= 15 is 0 Å². The fraction of sp³-hybridized carbons (Fsp3) is 0.423. The fourth-order valence-corrected chi connectivity index (χ4v) is 16.9. The van der Waals surface area contributed by atoms with Gasteiger partial charge < -0.3 is 24.8 Å². The maximum Gasteiger partial charge on any atom is -1.00 e. The van der Waals surface area contributed by atoms with Crippen LogP contribution >= 0.6 is 0 Å². The summed E-state index contributed by atoms with van der Waals surface area (Å²) in [6.07, 6.45) is 22.9. The van der Waals surface area contributed by atoms with Gasteiger partial charge in [0, 0.05) is 0 Å². The number of halogens is 2. The average Bonchev–Trinajstić information content (AvgIpc) is 3.34. The van der Waals surface area contributed by atoms with Crippen LogP contribution in [0.3, 0.4) is 0 Å². The largest absolute Gasteiger partial charge is 1.00 e. The Morgan fingerprint density at radius 3 is 1.79 bits per heavy atom. The summed E-state index contributed by atoms with van der Waals surface area (Å²) in [4.78, 5) is 0. The third-order valence-corrected chi connectivity index (χ3v) is 17.0. The number of fused-ring (bicyclic) bond motifs is 2. The second kappa shape index (κ2) is 10.2. The minimum absolute atomic E-state index is 0. The van der Waals surface area contributed by atoms with Gasteiger partial charge in [0.05, 0.1) is 0 Å². The molecule has 0 aromatic heterocycles. The van der Waals surface area contributed by atoms with Gasteiger partial charge in [-0.05, 0) is 0 Å². The van der Waals surface area contributed by atoms with Gasteiger partial charge in [0.25, 0.3) is 0 Å². The Morgan fingerprint density at radius 1 is 0.759 bits per heavy atom. The van der Waals surface area contributed by atoms with Crippen LogP contribution < -0.4 is 24.8 Å². The fourth-order valence-electron chi connectivity index (χ4n) is 6.12. The van der Waals surface area contributed by atoms with E-state index in [1.807, 2.05) is 14.4 Å². The van der Waals surface area contributed by atoms with Crippen molar-refractivity contribution in [3.8, 4) is 0 Å². The predicted molar refractivity (Wildman–Crippen MR) is 113 cm³/mol. The van der Waals surface area contributed by atoms with Crippen LogP contribution in [0.5, 0.6) is 0 Å². The van der Waals surface area contributed by atoms with E-state index in [4.69, 9.17) is 0 Å². The van der Waals surface area contributed by atoms with Gasteiger partial charge in [0.2, 0.25) is 0 Å². The molecule has 0 N–H and O–H groups in total. The van der Waals surface area contributed by atoms with Crippen molar-refractivity contribution in [3.05, 3.63) is 83.5 Å². The molecule has 4 atom stereocenters. The summed E-state index contributed by atoms with van der Waals surface area (Å²) in [7, 11) is 0. The van der Waals surface area contributed by atoms with Crippen molar-refractivity contribution in [1.29, 1.82) is 0 Å². The Hall–Kier alpha value is -0.487. The van der Waals surface area contributed by atoms with E-state index in [-0.39, 0.29) is 24.8 Å². The van der Waals surface area contributed by atoms with E-state index in [9.17, 15) is 0 Å². The molecule has 4 unspecified atom stereocenters. The first-order chi connectivity index (χ1) is 13.3. The van der Waals surface area contributed by atoms with Crippen LogP contribution in [0, 0.1) is 11.8 Å². The molecule has 0 amide bonds. The smallest absolute Gasteiger partial charge is 1.00 e. The molecule has 29 heavy (non-hydrogen) atoms. The molecule has 4 aliphatic carbocycles. The molecular formula is C26H30Cl2Zr. The summed E-state index contributed by atoms with van der Waals surface area (Å²) in [6, 6.07) is 11.4. The second-order valence-corrected chi connectivity index (χ2v) is 16.3. The van der Waals surface area contributed by atoms with Crippen molar-refractivity contribution in [2.24, 2.45) is 11.8 Å². The molecule has 0 saturated heterocycles. The van der Waals surface area contributed by atoms with Crippen molar-refractivity contribution < 1.29 is 46.1 Å². The number of hydrogen-bond acceptors (Lipinski definition) is 0. The molecule has 0 heterocycles. The summed E-state index contributed by atoms with van der Waals surface area (Å²) in [5, 5.41) is 0. The number of allylic oxidation sites excluding steroid dienone is 8. The van der Waals surface area contributed by atoms with Crippen molar-refractivity contribution >= 4 is 3.21 Å². The second-order valence-electron chi connectivity index (χ2n) is 8.76. The zero-order chi connectivity index (χ0) is 18.2. The summed E-state index contributed by atoms with van der Waals surface area (Å²) >= 11 is -1.88. The summed E-state index contributed by atoms with van der Waals surface area (Å²) < 4.78 is 3.68. The van der Waals surface area contributed by atoms with Crippen LogP contribution in [-0.4, -0.2) is 3.21 Å². The molecule has 0 bridgehead atoms. The van der Waals surface area contributed by atoms with E-state index < -0.39 is 21.3 Å². The van der Waals surface area contributed by atoms with Crippen LogP contribution in [0.15, 0.2) is 77.9 Å². The Kier molecular flexibility index (Phi) is 8.17. The zero-order valence-corrected chi connectivity index (χ0v) is 21.1. The Labute approximate surface area is 196 Å². The first-order valence-corrected chi connectivity index (χ1v) is 14.9. The summed E-state index contributed by atoms with van der Waals surface area (Å²) in [6.45, 7) is 2.52. The van der Waals surface area contributed by atoms with Gasteiger partial charge in [-0.2, -0.15) is 0 Å². The monoisotopic (exact) mass is 502 g/mol. The van der Waals surface area contributed by atoms with Crippen molar-refractivity contribution in [1.82, 2.24) is 0 Å². The number of rotatable bonds is 3. The van der Waals surface area contributed by atoms with E-state index in [0.717, 1.165) is 19.1 Å².